The van der Waals surface area contributed by atoms with E-state index in [2.05, 4.69) is 15.5 Å². The predicted octanol–water partition coefficient (Wildman–Crippen LogP) is 0.691. The SMILES string of the molecule is CCNCCc1nnc(CF)o1. The summed E-state index contributed by atoms with van der Waals surface area (Å²) < 4.78 is 16.9. The minimum absolute atomic E-state index is 0.0569. The molecule has 4 nitrogen and oxygen atoms in total. The fourth-order valence-electron chi connectivity index (χ4n) is 0.815. The maximum atomic E-state index is 11.9. The van der Waals surface area contributed by atoms with Crippen LogP contribution in [0, 0.1) is 0 Å². The van der Waals surface area contributed by atoms with Crippen LogP contribution in [-0.4, -0.2) is 23.3 Å². The summed E-state index contributed by atoms with van der Waals surface area (Å²) >= 11 is 0. The minimum atomic E-state index is -0.686. The Bertz CT molecular complexity index is 226. The Balaban J connectivity index is 2.31. The molecular weight excluding hydrogens is 161 g/mol. The van der Waals surface area contributed by atoms with E-state index < -0.39 is 6.67 Å². The molecule has 5 heteroatoms. The molecule has 0 unspecified atom stereocenters. The van der Waals surface area contributed by atoms with Crippen molar-refractivity contribution < 1.29 is 8.81 Å². The lowest BCUT2D eigenvalue weighted by Crippen LogP contribution is -2.16. The average Bonchev–Trinajstić information content (AvgIpc) is 2.53. The molecule has 68 valence electrons. The molecule has 1 rings (SSSR count). The Labute approximate surface area is 70.2 Å². The highest BCUT2D eigenvalue weighted by atomic mass is 19.1. The van der Waals surface area contributed by atoms with Crippen molar-refractivity contribution in [2.24, 2.45) is 0 Å². The molecule has 0 aliphatic heterocycles. The van der Waals surface area contributed by atoms with E-state index in [1.54, 1.807) is 0 Å². The molecule has 0 radical (unpaired) electrons. The Morgan fingerprint density at radius 1 is 1.42 bits per heavy atom. The van der Waals surface area contributed by atoms with Crippen LogP contribution in [0.1, 0.15) is 18.7 Å². The number of rotatable bonds is 5. The molecule has 0 fully saturated rings. The molecule has 12 heavy (non-hydrogen) atoms. The summed E-state index contributed by atoms with van der Waals surface area (Å²) in [5, 5.41) is 10.3. The quantitative estimate of drug-likeness (QED) is 0.665. The Hall–Kier alpha value is -0.970. The van der Waals surface area contributed by atoms with E-state index in [-0.39, 0.29) is 5.89 Å². The van der Waals surface area contributed by atoms with Crippen molar-refractivity contribution in [2.75, 3.05) is 13.1 Å². The zero-order valence-electron chi connectivity index (χ0n) is 7.01. The van der Waals surface area contributed by atoms with Gasteiger partial charge in [-0.2, -0.15) is 0 Å². The number of likely N-dealkylation sites (N-methyl/N-ethyl adjacent to an activating group) is 1. The average molecular weight is 173 g/mol. The van der Waals surface area contributed by atoms with E-state index in [4.69, 9.17) is 4.42 Å². The van der Waals surface area contributed by atoms with Gasteiger partial charge in [-0.05, 0) is 6.54 Å². The largest absolute Gasteiger partial charge is 0.422 e. The lowest BCUT2D eigenvalue weighted by molar-refractivity contribution is 0.364. The van der Waals surface area contributed by atoms with Gasteiger partial charge in [-0.15, -0.1) is 10.2 Å². The van der Waals surface area contributed by atoms with Crippen LogP contribution >= 0.6 is 0 Å². The first kappa shape index (κ1) is 9.12. The normalized spacial score (nSPS) is 10.5. The van der Waals surface area contributed by atoms with Crippen molar-refractivity contribution >= 4 is 0 Å². The van der Waals surface area contributed by atoms with E-state index in [1.165, 1.54) is 0 Å². The molecule has 0 saturated heterocycles. The molecule has 1 aromatic rings. The lowest BCUT2D eigenvalue weighted by atomic mass is 10.4. The fraction of sp³-hybridized carbons (Fsp3) is 0.714. The number of nitrogens with zero attached hydrogens (tertiary/aromatic N) is 2. The van der Waals surface area contributed by atoms with Crippen molar-refractivity contribution in [1.29, 1.82) is 0 Å². The predicted molar refractivity (Wildman–Crippen MR) is 41.4 cm³/mol. The highest BCUT2D eigenvalue weighted by Crippen LogP contribution is 2.00. The molecule has 0 saturated carbocycles. The minimum Gasteiger partial charge on any atom is -0.422 e. The van der Waals surface area contributed by atoms with E-state index in [9.17, 15) is 4.39 Å². The van der Waals surface area contributed by atoms with Crippen molar-refractivity contribution in [3.63, 3.8) is 0 Å². The summed E-state index contributed by atoms with van der Waals surface area (Å²) in [6.45, 7) is 3.02. The number of nitrogens with one attached hydrogen (secondary N) is 1. The third-order valence-corrected chi connectivity index (χ3v) is 1.39. The maximum absolute atomic E-state index is 11.9. The van der Waals surface area contributed by atoms with Crippen molar-refractivity contribution in [1.82, 2.24) is 15.5 Å². The lowest BCUT2D eigenvalue weighted by Gasteiger charge is -1.95. The van der Waals surface area contributed by atoms with E-state index in [1.807, 2.05) is 6.92 Å². The van der Waals surface area contributed by atoms with Crippen LogP contribution in [0.5, 0.6) is 0 Å². The molecule has 0 aliphatic rings. The van der Waals surface area contributed by atoms with Gasteiger partial charge < -0.3 is 9.73 Å². The number of aromatic nitrogens is 2. The van der Waals surface area contributed by atoms with E-state index in [0.717, 1.165) is 13.1 Å². The molecule has 0 aliphatic carbocycles. The molecule has 0 bridgehead atoms. The van der Waals surface area contributed by atoms with Gasteiger partial charge in [0.15, 0.2) is 6.67 Å². The van der Waals surface area contributed by atoms with Crippen LogP contribution in [0.15, 0.2) is 4.42 Å². The summed E-state index contributed by atoms with van der Waals surface area (Å²) in [7, 11) is 0. The van der Waals surface area contributed by atoms with E-state index >= 15 is 0 Å². The van der Waals surface area contributed by atoms with Gasteiger partial charge in [0, 0.05) is 13.0 Å². The second-order valence-electron chi connectivity index (χ2n) is 2.33. The van der Waals surface area contributed by atoms with Gasteiger partial charge in [0.1, 0.15) is 0 Å². The van der Waals surface area contributed by atoms with E-state index in [0.29, 0.717) is 12.3 Å². The monoisotopic (exact) mass is 173 g/mol. The zero-order valence-corrected chi connectivity index (χ0v) is 7.01. The number of halogens is 1. The summed E-state index contributed by atoms with van der Waals surface area (Å²) in [6.07, 6.45) is 0.654. The van der Waals surface area contributed by atoms with Gasteiger partial charge >= 0.3 is 0 Å². The van der Waals surface area contributed by atoms with Gasteiger partial charge in [0.25, 0.3) is 0 Å². The summed E-state index contributed by atoms with van der Waals surface area (Å²) in [4.78, 5) is 0. The second-order valence-corrected chi connectivity index (χ2v) is 2.33. The van der Waals surface area contributed by atoms with Gasteiger partial charge in [-0.3, -0.25) is 0 Å². The smallest absolute Gasteiger partial charge is 0.247 e. The molecular formula is C7H12FN3O. The third kappa shape index (κ3) is 2.58. The molecule has 1 N–H and O–H groups in total. The van der Waals surface area contributed by atoms with Crippen molar-refractivity contribution in [3.8, 4) is 0 Å². The van der Waals surface area contributed by atoms with Gasteiger partial charge in [0.05, 0.1) is 0 Å². The van der Waals surface area contributed by atoms with Crippen molar-refractivity contribution in [2.45, 2.75) is 20.0 Å². The van der Waals surface area contributed by atoms with Gasteiger partial charge in [0.2, 0.25) is 11.8 Å². The second kappa shape index (κ2) is 4.82. The number of hydrogen-bond acceptors (Lipinski definition) is 4. The van der Waals surface area contributed by atoms with Crippen LogP contribution in [0.25, 0.3) is 0 Å². The number of alkyl halides is 1. The first-order chi connectivity index (χ1) is 5.86. The summed E-state index contributed by atoms with van der Waals surface area (Å²) in [5.74, 6) is 0.546. The number of hydrogen-bond donors (Lipinski definition) is 1. The highest BCUT2D eigenvalue weighted by Gasteiger charge is 2.03. The van der Waals surface area contributed by atoms with Gasteiger partial charge in [-0.25, -0.2) is 4.39 Å². The topological polar surface area (TPSA) is 51.0 Å². The standard InChI is InChI=1S/C7H12FN3O/c1-2-9-4-3-6-10-11-7(5-8)12-6/h9H,2-5H2,1H3. The third-order valence-electron chi connectivity index (χ3n) is 1.39. The van der Waals surface area contributed by atoms with Crippen molar-refractivity contribution in [3.05, 3.63) is 11.8 Å². The molecule has 0 spiro atoms. The first-order valence-corrected chi connectivity index (χ1v) is 3.94. The summed E-state index contributed by atoms with van der Waals surface area (Å²) in [5.41, 5.74) is 0. The fourth-order valence-corrected chi connectivity index (χ4v) is 0.815. The van der Waals surface area contributed by atoms with Crippen LogP contribution in [0.3, 0.4) is 0 Å². The molecule has 1 aromatic heterocycles. The summed E-state index contributed by atoms with van der Waals surface area (Å²) in [6, 6.07) is 0. The van der Waals surface area contributed by atoms with Gasteiger partial charge in [-0.1, -0.05) is 6.92 Å². The Morgan fingerprint density at radius 2 is 2.17 bits per heavy atom. The molecule has 0 atom stereocenters. The van der Waals surface area contributed by atoms with Crippen LogP contribution < -0.4 is 5.32 Å². The molecule has 0 amide bonds. The highest BCUT2D eigenvalue weighted by molar-refractivity contribution is 4.80. The van der Waals surface area contributed by atoms with Crippen LogP contribution in [-0.2, 0) is 13.1 Å². The first-order valence-electron chi connectivity index (χ1n) is 3.94. The van der Waals surface area contributed by atoms with Crippen LogP contribution in [0.2, 0.25) is 0 Å². The maximum Gasteiger partial charge on any atom is 0.247 e. The zero-order chi connectivity index (χ0) is 8.81. The van der Waals surface area contributed by atoms with Crippen LogP contribution in [0.4, 0.5) is 4.39 Å². The molecule has 1 heterocycles. The Kier molecular flexibility index (Phi) is 3.66. The Morgan fingerprint density at radius 3 is 2.75 bits per heavy atom. The molecule has 0 aromatic carbocycles.